The van der Waals surface area contributed by atoms with E-state index in [0.29, 0.717) is 12.3 Å². The average Bonchev–Trinajstić information content (AvgIpc) is 2.45. The maximum atomic E-state index is 11.7. The van der Waals surface area contributed by atoms with Crippen molar-refractivity contribution >= 4 is 18.0 Å². The summed E-state index contributed by atoms with van der Waals surface area (Å²) in [5.74, 6) is -0.796. The number of amides is 1. The van der Waals surface area contributed by atoms with E-state index in [9.17, 15) is 14.4 Å². The van der Waals surface area contributed by atoms with E-state index in [4.69, 9.17) is 14.2 Å². The highest BCUT2D eigenvalue weighted by Gasteiger charge is 2.24. The number of ether oxygens (including phenoxy) is 3. The van der Waals surface area contributed by atoms with Crippen LogP contribution < -0.4 is 5.32 Å². The van der Waals surface area contributed by atoms with Crippen LogP contribution in [0.3, 0.4) is 0 Å². The van der Waals surface area contributed by atoms with Gasteiger partial charge in [0.1, 0.15) is 0 Å². The summed E-state index contributed by atoms with van der Waals surface area (Å²) in [6, 6.07) is 0. The van der Waals surface area contributed by atoms with E-state index < -0.39 is 18.4 Å². The second-order valence-corrected chi connectivity index (χ2v) is 6.73. The smallest absolute Gasteiger partial charge is 0.412 e. The zero-order chi connectivity index (χ0) is 18.7. The van der Waals surface area contributed by atoms with Crippen LogP contribution in [0, 0.1) is 17.8 Å². The Morgan fingerprint density at radius 1 is 0.958 bits per heavy atom. The Morgan fingerprint density at radius 2 is 1.58 bits per heavy atom. The van der Waals surface area contributed by atoms with Crippen LogP contribution in [0.25, 0.3) is 0 Å². The third-order valence-corrected chi connectivity index (χ3v) is 3.08. The molecule has 0 saturated carbocycles. The summed E-state index contributed by atoms with van der Waals surface area (Å²) in [5, 5.41) is 2.31. The molecule has 0 aromatic carbocycles. The van der Waals surface area contributed by atoms with Gasteiger partial charge >= 0.3 is 18.0 Å². The van der Waals surface area contributed by atoms with Crippen molar-refractivity contribution in [3.63, 3.8) is 0 Å². The molecule has 0 aliphatic heterocycles. The molecule has 0 bridgehead atoms. The largest absolute Gasteiger partial charge is 0.444 e. The minimum Gasteiger partial charge on any atom is -0.444 e. The van der Waals surface area contributed by atoms with Crippen LogP contribution in [0.1, 0.15) is 60.8 Å². The number of carbonyl (C=O) groups is 3. The normalized spacial score (nSPS) is 12.2. The summed E-state index contributed by atoms with van der Waals surface area (Å²) in [5.41, 5.74) is 0. The summed E-state index contributed by atoms with van der Waals surface area (Å²) in [6.45, 7) is 10.8. The van der Waals surface area contributed by atoms with Crippen LogP contribution in [0.4, 0.5) is 4.79 Å². The zero-order valence-corrected chi connectivity index (χ0v) is 15.6. The summed E-state index contributed by atoms with van der Waals surface area (Å²) < 4.78 is 15.1. The maximum absolute atomic E-state index is 11.7. The highest BCUT2D eigenvalue weighted by Crippen LogP contribution is 2.11. The summed E-state index contributed by atoms with van der Waals surface area (Å²) in [4.78, 5) is 34.7. The Labute approximate surface area is 144 Å². The number of hydrogen-bond acceptors (Lipinski definition) is 6. The Hall–Kier alpha value is -1.79. The number of esters is 2. The van der Waals surface area contributed by atoms with Gasteiger partial charge in [-0.1, -0.05) is 48.0 Å². The number of carbonyl (C=O) groups excluding carboxylic acids is 3. The summed E-state index contributed by atoms with van der Waals surface area (Å²) in [7, 11) is 0. The molecule has 0 saturated heterocycles. The first kappa shape index (κ1) is 22.2. The quantitative estimate of drug-likeness (QED) is 0.483. The Bertz CT molecular complexity index is 406. The van der Waals surface area contributed by atoms with Gasteiger partial charge in [0.05, 0.1) is 5.92 Å². The van der Waals surface area contributed by atoms with E-state index in [1.54, 1.807) is 27.7 Å². The van der Waals surface area contributed by atoms with Gasteiger partial charge in [0.2, 0.25) is 0 Å². The first-order valence-electron chi connectivity index (χ1n) is 8.44. The minimum atomic E-state index is -0.985. The molecule has 0 aromatic heterocycles. The molecule has 0 aromatic rings. The van der Waals surface area contributed by atoms with Crippen LogP contribution in [0.5, 0.6) is 0 Å². The number of alkyl carbamates (subject to hydrolysis) is 1. The van der Waals surface area contributed by atoms with E-state index in [-0.39, 0.29) is 24.5 Å². The van der Waals surface area contributed by atoms with Crippen LogP contribution in [0.2, 0.25) is 0 Å². The van der Waals surface area contributed by atoms with E-state index in [2.05, 4.69) is 19.2 Å². The molecule has 0 fully saturated rings. The molecular formula is C17H31NO6. The van der Waals surface area contributed by atoms with Crippen LogP contribution in [-0.4, -0.2) is 31.1 Å². The average molecular weight is 345 g/mol. The van der Waals surface area contributed by atoms with Crippen LogP contribution in [0.15, 0.2) is 0 Å². The predicted molar refractivity (Wildman–Crippen MR) is 88.8 cm³/mol. The summed E-state index contributed by atoms with van der Waals surface area (Å²) in [6.07, 6.45) is 0.223. The van der Waals surface area contributed by atoms with Gasteiger partial charge in [-0.2, -0.15) is 0 Å². The highest BCUT2D eigenvalue weighted by atomic mass is 16.7. The molecule has 1 amide bonds. The Morgan fingerprint density at radius 3 is 2.08 bits per heavy atom. The molecule has 0 spiro atoms. The van der Waals surface area contributed by atoms with Crippen molar-refractivity contribution in [1.82, 2.24) is 5.32 Å². The first-order valence-corrected chi connectivity index (χ1v) is 8.44. The van der Waals surface area contributed by atoms with Crippen molar-refractivity contribution < 1.29 is 28.6 Å². The van der Waals surface area contributed by atoms with Crippen LogP contribution in [-0.2, 0) is 23.8 Å². The second-order valence-electron chi connectivity index (χ2n) is 6.73. The van der Waals surface area contributed by atoms with Gasteiger partial charge < -0.3 is 14.2 Å². The van der Waals surface area contributed by atoms with Gasteiger partial charge in [0.25, 0.3) is 6.29 Å². The van der Waals surface area contributed by atoms with Crippen molar-refractivity contribution in [3.8, 4) is 0 Å². The third-order valence-electron chi connectivity index (χ3n) is 3.08. The SMILES string of the molecule is CC(C)CCCC(=O)OCNC(=O)O[C@@H](OC(=O)C(C)C)C(C)C. The molecule has 0 unspecified atom stereocenters. The molecule has 140 valence electrons. The third kappa shape index (κ3) is 10.9. The molecule has 0 aliphatic rings. The van der Waals surface area contributed by atoms with Crippen LogP contribution >= 0.6 is 0 Å². The maximum Gasteiger partial charge on any atom is 0.412 e. The Kier molecular flexibility index (Phi) is 10.8. The number of hydrogen-bond donors (Lipinski definition) is 1. The standard InChI is InChI=1S/C17H31NO6/c1-11(2)8-7-9-14(19)22-10-18-17(21)24-16(13(5)6)23-15(20)12(3)4/h11-13,16H,7-10H2,1-6H3,(H,18,21)/t16-/m1/s1. The van der Waals surface area contributed by atoms with Gasteiger partial charge in [-0.15, -0.1) is 0 Å². The lowest BCUT2D eigenvalue weighted by molar-refractivity contribution is -0.178. The molecule has 0 radical (unpaired) electrons. The molecule has 1 N–H and O–H groups in total. The van der Waals surface area contributed by atoms with Crippen molar-refractivity contribution in [2.45, 2.75) is 67.1 Å². The molecule has 0 heterocycles. The molecule has 7 heteroatoms. The van der Waals surface area contributed by atoms with Crippen molar-refractivity contribution in [3.05, 3.63) is 0 Å². The van der Waals surface area contributed by atoms with Crippen molar-refractivity contribution in [2.24, 2.45) is 17.8 Å². The van der Waals surface area contributed by atoms with Gasteiger partial charge in [0.15, 0.2) is 6.73 Å². The number of nitrogens with one attached hydrogen (secondary N) is 1. The van der Waals surface area contributed by atoms with Gasteiger partial charge in [-0.3, -0.25) is 14.9 Å². The van der Waals surface area contributed by atoms with Gasteiger partial charge in [0, 0.05) is 12.3 Å². The molecule has 7 nitrogen and oxygen atoms in total. The fourth-order valence-corrected chi connectivity index (χ4v) is 1.60. The van der Waals surface area contributed by atoms with E-state index in [0.717, 1.165) is 12.8 Å². The van der Waals surface area contributed by atoms with Gasteiger partial charge in [-0.25, -0.2) is 4.79 Å². The first-order chi connectivity index (χ1) is 11.1. The molecule has 0 rings (SSSR count). The lowest BCUT2D eigenvalue weighted by Gasteiger charge is -2.22. The van der Waals surface area contributed by atoms with Gasteiger partial charge in [-0.05, 0) is 12.3 Å². The lowest BCUT2D eigenvalue weighted by atomic mass is 10.1. The van der Waals surface area contributed by atoms with Crippen molar-refractivity contribution in [2.75, 3.05) is 6.73 Å². The van der Waals surface area contributed by atoms with E-state index >= 15 is 0 Å². The lowest BCUT2D eigenvalue weighted by Crippen LogP contribution is -2.36. The molecule has 1 atom stereocenters. The molecular weight excluding hydrogens is 314 g/mol. The summed E-state index contributed by atoms with van der Waals surface area (Å²) >= 11 is 0. The Balaban J connectivity index is 4.08. The molecule has 0 aliphatic carbocycles. The monoisotopic (exact) mass is 345 g/mol. The highest BCUT2D eigenvalue weighted by molar-refractivity contribution is 5.72. The predicted octanol–water partition coefficient (Wildman–Crippen LogP) is 3.22. The zero-order valence-electron chi connectivity index (χ0n) is 15.6. The minimum absolute atomic E-state index is 0.197. The fourth-order valence-electron chi connectivity index (χ4n) is 1.60. The van der Waals surface area contributed by atoms with E-state index in [1.807, 2.05) is 0 Å². The van der Waals surface area contributed by atoms with Crippen molar-refractivity contribution in [1.29, 1.82) is 0 Å². The number of rotatable bonds is 10. The van der Waals surface area contributed by atoms with E-state index in [1.165, 1.54) is 0 Å². The second kappa shape index (κ2) is 11.7. The fraction of sp³-hybridized carbons (Fsp3) is 0.824. The molecule has 24 heavy (non-hydrogen) atoms. The topological polar surface area (TPSA) is 90.9 Å².